The van der Waals surface area contributed by atoms with E-state index in [4.69, 9.17) is 5.11 Å². The second-order valence-electron chi connectivity index (χ2n) is 3.98. The van der Waals surface area contributed by atoms with Crippen LogP contribution in [0.3, 0.4) is 0 Å². The Labute approximate surface area is 118 Å². The zero-order valence-electron chi connectivity index (χ0n) is 9.86. The highest BCUT2D eigenvalue weighted by molar-refractivity contribution is 9.10. The number of carbonyl (C=O) groups is 1. The molecule has 0 saturated carbocycles. The molecule has 0 aliphatic carbocycles. The van der Waals surface area contributed by atoms with Gasteiger partial charge in [-0.15, -0.1) is 0 Å². The van der Waals surface area contributed by atoms with Crippen molar-refractivity contribution in [3.63, 3.8) is 0 Å². The number of aromatic carboxylic acids is 1. The lowest BCUT2D eigenvalue weighted by Gasteiger charge is -2.08. The number of hydrogen-bond acceptors (Lipinski definition) is 2. The summed E-state index contributed by atoms with van der Waals surface area (Å²) in [5.41, 5.74) is 1.38. The first-order valence-corrected chi connectivity index (χ1v) is 6.37. The summed E-state index contributed by atoms with van der Waals surface area (Å²) in [6.07, 6.45) is 0. The van der Waals surface area contributed by atoms with Crippen LogP contribution in [0.25, 0.3) is 0 Å². The Balaban J connectivity index is 2.10. The Morgan fingerprint density at radius 3 is 2.74 bits per heavy atom. The molecule has 3 nitrogen and oxygen atoms in total. The predicted octanol–water partition coefficient (Wildman–Crippen LogP) is 3.90. The highest BCUT2D eigenvalue weighted by Gasteiger charge is 2.05. The number of rotatable bonds is 4. The fourth-order valence-corrected chi connectivity index (χ4v) is 1.98. The van der Waals surface area contributed by atoms with Gasteiger partial charge < -0.3 is 10.4 Å². The van der Waals surface area contributed by atoms with Gasteiger partial charge in [-0.25, -0.2) is 9.18 Å². The largest absolute Gasteiger partial charge is 0.478 e. The van der Waals surface area contributed by atoms with Gasteiger partial charge in [-0.1, -0.05) is 28.1 Å². The lowest BCUT2D eigenvalue weighted by Crippen LogP contribution is -2.03. The molecule has 0 heterocycles. The first-order chi connectivity index (χ1) is 9.06. The number of benzene rings is 2. The van der Waals surface area contributed by atoms with Gasteiger partial charge in [0.05, 0.1) is 11.3 Å². The summed E-state index contributed by atoms with van der Waals surface area (Å²) in [6, 6.07) is 11.3. The molecule has 5 heteroatoms. The second kappa shape index (κ2) is 5.84. The lowest BCUT2D eigenvalue weighted by molar-refractivity contribution is 0.0697. The van der Waals surface area contributed by atoms with Crippen molar-refractivity contribution >= 4 is 27.6 Å². The second-order valence-corrected chi connectivity index (χ2v) is 4.90. The van der Waals surface area contributed by atoms with Crippen molar-refractivity contribution in [3.05, 3.63) is 63.9 Å². The van der Waals surface area contributed by atoms with Crippen LogP contribution in [0.4, 0.5) is 10.1 Å². The normalized spacial score (nSPS) is 10.2. The molecule has 19 heavy (non-hydrogen) atoms. The van der Waals surface area contributed by atoms with E-state index in [0.717, 1.165) is 5.56 Å². The van der Waals surface area contributed by atoms with Crippen LogP contribution in [0.2, 0.25) is 0 Å². The molecule has 0 aliphatic rings. The van der Waals surface area contributed by atoms with Gasteiger partial charge >= 0.3 is 5.97 Å². The van der Waals surface area contributed by atoms with Gasteiger partial charge in [0.2, 0.25) is 0 Å². The van der Waals surface area contributed by atoms with Gasteiger partial charge in [-0.2, -0.15) is 0 Å². The van der Waals surface area contributed by atoms with Crippen LogP contribution < -0.4 is 5.32 Å². The molecule has 0 unspecified atom stereocenters. The molecule has 0 radical (unpaired) electrons. The van der Waals surface area contributed by atoms with E-state index in [2.05, 4.69) is 21.2 Å². The number of carboxylic acid groups (broad SMARTS) is 1. The van der Waals surface area contributed by atoms with Crippen LogP contribution in [0.1, 0.15) is 15.9 Å². The van der Waals surface area contributed by atoms with E-state index >= 15 is 0 Å². The highest BCUT2D eigenvalue weighted by atomic mass is 79.9. The molecule has 0 saturated heterocycles. The van der Waals surface area contributed by atoms with Gasteiger partial charge in [0.25, 0.3) is 0 Å². The van der Waals surface area contributed by atoms with E-state index in [9.17, 15) is 9.18 Å². The van der Waals surface area contributed by atoms with Crippen molar-refractivity contribution in [2.45, 2.75) is 6.54 Å². The number of halogens is 2. The van der Waals surface area contributed by atoms with E-state index < -0.39 is 5.97 Å². The van der Waals surface area contributed by atoms with Crippen molar-refractivity contribution in [1.29, 1.82) is 0 Å². The quantitative estimate of drug-likeness (QED) is 0.897. The van der Waals surface area contributed by atoms with Gasteiger partial charge in [0, 0.05) is 11.0 Å². The summed E-state index contributed by atoms with van der Waals surface area (Å²) < 4.78 is 14.2. The summed E-state index contributed by atoms with van der Waals surface area (Å²) in [6.45, 7) is 0.361. The predicted molar refractivity (Wildman–Crippen MR) is 74.8 cm³/mol. The Morgan fingerprint density at radius 2 is 2.05 bits per heavy atom. The number of carboxylic acids is 1. The first-order valence-electron chi connectivity index (χ1n) is 5.57. The fraction of sp³-hybridized carbons (Fsp3) is 0.0714. The molecular weight excluding hydrogens is 313 g/mol. The monoisotopic (exact) mass is 323 g/mol. The fourth-order valence-electron chi connectivity index (χ4n) is 1.64. The van der Waals surface area contributed by atoms with E-state index in [1.807, 2.05) is 0 Å². The zero-order chi connectivity index (χ0) is 13.8. The molecule has 0 amide bonds. The maximum Gasteiger partial charge on any atom is 0.335 e. The molecule has 98 valence electrons. The Bertz CT molecular complexity index is 616. The Morgan fingerprint density at radius 1 is 1.26 bits per heavy atom. The summed E-state index contributed by atoms with van der Waals surface area (Å²) in [5, 5.41) is 11.8. The van der Waals surface area contributed by atoms with Crippen LogP contribution in [-0.2, 0) is 6.54 Å². The number of anilines is 1. The Kier molecular flexibility index (Phi) is 4.16. The molecule has 0 bridgehead atoms. The standard InChI is InChI=1S/C14H11BrFNO2/c15-11-4-5-13(12(16)7-11)17-8-9-2-1-3-10(6-9)14(18)19/h1-7,17H,8H2,(H,18,19). The SMILES string of the molecule is O=C(O)c1cccc(CNc2ccc(Br)cc2F)c1. The maximum absolute atomic E-state index is 13.6. The van der Waals surface area contributed by atoms with Gasteiger partial charge in [0.15, 0.2) is 0 Å². The minimum Gasteiger partial charge on any atom is -0.478 e. The third-order valence-corrected chi connectivity index (χ3v) is 3.08. The van der Waals surface area contributed by atoms with E-state index in [1.165, 1.54) is 12.1 Å². The van der Waals surface area contributed by atoms with Crippen molar-refractivity contribution in [2.24, 2.45) is 0 Å². The molecule has 0 atom stereocenters. The third kappa shape index (κ3) is 3.54. The first kappa shape index (κ1) is 13.5. The summed E-state index contributed by atoms with van der Waals surface area (Å²) >= 11 is 3.18. The van der Waals surface area contributed by atoms with Crippen LogP contribution in [0, 0.1) is 5.82 Å². The van der Waals surface area contributed by atoms with Crippen molar-refractivity contribution in [3.8, 4) is 0 Å². The zero-order valence-corrected chi connectivity index (χ0v) is 11.4. The molecule has 2 rings (SSSR count). The highest BCUT2D eigenvalue weighted by Crippen LogP contribution is 2.20. The molecule has 0 fully saturated rings. The number of hydrogen-bond donors (Lipinski definition) is 2. The summed E-state index contributed by atoms with van der Waals surface area (Å²) in [7, 11) is 0. The van der Waals surface area contributed by atoms with Crippen LogP contribution in [0.15, 0.2) is 46.9 Å². The minimum atomic E-state index is -0.975. The topological polar surface area (TPSA) is 49.3 Å². The van der Waals surface area contributed by atoms with Gasteiger partial charge in [0.1, 0.15) is 5.82 Å². The summed E-state index contributed by atoms with van der Waals surface area (Å²) in [4.78, 5) is 10.8. The Hall–Kier alpha value is -1.88. The van der Waals surface area contributed by atoms with E-state index in [-0.39, 0.29) is 11.4 Å². The van der Waals surface area contributed by atoms with E-state index in [0.29, 0.717) is 16.7 Å². The van der Waals surface area contributed by atoms with E-state index in [1.54, 1.807) is 30.3 Å². The molecule has 0 aromatic heterocycles. The molecular formula is C14H11BrFNO2. The van der Waals surface area contributed by atoms with Crippen molar-refractivity contribution in [1.82, 2.24) is 0 Å². The molecule has 2 aromatic carbocycles. The molecule has 2 N–H and O–H groups in total. The van der Waals surface area contributed by atoms with Crippen molar-refractivity contribution in [2.75, 3.05) is 5.32 Å². The van der Waals surface area contributed by atoms with Gasteiger partial charge in [-0.05, 0) is 35.9 Å². The van der Waals surface area contributed by atoms with Crippen LogP contribution in [-0.4, -0.2) is 11.1 Å². The minimum absolute atomic E-state index is 0.218. The van der Waals surface area contributed by atoms with Crippen LogP contribution in [0.5, 0.6) is 0 Å². The average molecular weight is 324 g/mol. The summed E-state index contributed by atoms with van der Waals surface area (Å²) in [5.74, 6) is -1.33. The number of nitrogens with one attached hydrogen (secondary N) is 1. The molecule has 2 aromatic rings. The third-order valence-electron chi connectivity index (χ3n) is 2.59. The van der Waals surface area contributed by atoms with Crippen molar-refractivity contribution < 1.29 is 14.3 Å². The molecule has 0 aliphatic heterocycles. The van der Waals surface area contributed by atoms with Gasteiger partial charge in [-0.3, -0.25) is 0 Å². The average Bonchev–Trinajstić information content (AvgIpc) is 2.38. The maximum atomic E-state index is 13.6. The molecule has 0 spiro atoms. The lowest BCUT2D eigenvalue weighted by atomic mass is 10.1. The van der Waals surface area contributed by atoms with Crippen LogP contribution >= 0.6 is 15.9 Å². The smallest absolute Gasteiger partial charge is 0.335 e.